The summed E-state index contributed by atoms with van der Waals surface area (Å²) < 4.78 is 0. The van der Waals surface area contributed by atoms with E-state index < -0.39 is 24.0 Å². The fourth-order valence-corrected chi connectivity index (χ4v) is 3.64. The molecule has 0 saturated carbocycles. The molecule has 8 heteroatoms. The number of nitrogens with one attached hydrogen (secondary N) is 1. The number of hydrogen-bond donors (Lipinski definition) is 4. The topological polar surface area (TPSA) is 113 Å². The minimum absolute atomic E-state index is 0.143. The maximum atomic E-state index is 10.7. The molecule has 0 amide bonds. The van der Waals surface area contributed by atoms with Crippen molar-refractivity contribution in [3.63, 3.8) is 0 Å². The predicted octanol–water partition coefficient (Wildman–Crippen LogP) is -0.363. The lowest BCUT2D eigenvalue weighted by Gasteiger charge is -2.11. The van der Waals surface area contributed by atoms with Gasteiger partial charge < -0.3 is 15.9 Å². The largest absolute Gasteiger partial charge is 0.480 e. The normalized spacial score (nSPS) is 25.7. The number of carboxylic acids is 2. The molecule has 1 aliphatic heterocycles. The first kappa shape index (κ1) is 14.6. The van der Waals surface area contributed by atoms with Crippen molar-refractivity contribution in [2.45, 2.75) is 23.9 Å². The van der Waals surface area contributed by atoms with Crippen LogP contribution in [0.2, 0.25) is 0 Å². The van der Waals surface area contributed by atoms with Gasteiger partial charge in [-0.3, -0.25) is 14.9 Å². The van der Waals surface area contributed by atoms with Gasteiger partial charge in [0, 0.05) is 11.5 Å². The van der Waals surface area contributed by atoms with E-state index >= 15 is 0 Å². The lowest BCUT2D eigenvalue weighted by Crippen LogP contribution is -2.36. The molecular formula is C9H16N2O4S2. The van der Waals surface area contributed by atoms with E-state index in [9.17, 15) is 9.59 Å². The Bertz CT molecular complexity index is 290. The van der Waals surface area contributed by atoms with Crippen molar-refractivity contribution >= 4 is 35.5 Å². The maximum Gasteiger partial charge on any atom is 0.321 e. The van der Waals surface area contributed by atoms with Crippen LogP contribution < -0.4 is 11.1 Å². The summed E-state index contributed by atoms with van der Waals surface area (Å²) in [5, 5.41) is 20.5. The van der Waals surface area contributed by atoms with E-state index in [0.717, 1.165) is 12.2 Å². The van der Waals surface area contributed by atoms with Gasteiger partial charge in [-0.05, 0) is 12.2 Å². The van der Waals surface area contributed by atoms with Crippen LogP contribution in [0.15, 0.2) is 0 Å². The van der Waals surface area contributed by atoms with Crippen LogP contribution in [-0.4, -0.2) is 56.9 Å². The van der Waals surface area contributed by atoms with Gasteiger partial charge in [-0.2, -0.15) is 11.8 Å². The fourth-order valence-electron chi connectivity index (χ4n) is 1.31. The van der Waals surface area contributed by atoms with Gasteiger partial charge in [0.1, 0.15) is 12.1 Å². The second-order valence-corrected chi connectivity index (χ2v) is 6.07. The van der Waals surface area contributed by atoms with Crippen molar-refractivity contribution in [2.24, 2.45) is 5.73 Å². The monoisotopic (exact) mass is 280 g/mol. The second kappa shape index (κ2) is 7.10. The summed E-state index contributed by atoms with van der Waals surface area (Å²) in [6, 6.07) is -1.28. The van der Waals surface area contributed by atoms with Gasteiger partial charge >= 0.3 is 11.9 Å². The van der Waals surface area contributed by atoms with E-state index in [1.54, 1.807) is 11.8 Å². The number of carbonyl (C=O) groups is 2. The number of hydrogen-bond acceptors (Lipinski definition) is 6. The van der Waals surface area contributed by atoms with Gasteiger partial charge in [0.25, 0.3) is 0 Å². The molecule has 0 aromatic heterocycles. The lowest BCUT2D eigenvalue weighted by molar-refractivity contribution is -0.139. The molecule has 6 nitrogen and oxygen atoms in total. The molecule has 98 valence electrons. The molecule has 1 aliphatic rings. The minimum Gasteiger partial charge on any atom is -0.480 e. The van der Waals surface area contributed by atoms with Crippen LogP contribution in [0, 0.1) is 0 Å². The second-order valence-electron chi connectivity index (χ2n) is 3.69. The van der Waals surface area contributed by atoms with Crippen molar-refractivity contribution in [3.8, 4) is 0 Å². The standard InChI is InChI=1S/C9H16N2O4S2/c10-5(8(12)13)3-16-2-1-7-11-6(4-17-7)9(14)15/h5-7,11H,1-4,10H2,(H,12,13)(H,14,15). The minimum atomic E-state index is -0.989. The van der Waals surface area contributed by atoms with Crippen LogP contribution in [0.3, 0.4) is 0 Å². The van der Waals surface area contributed by atoms with E-state index in [0.29, 0.717) is 11.5 Å². The molecule has 0 aliphatic carbocycles. The van der Waals surface area contributed by atoms with E-state index in [4.69, 9.17) is 15.9 Å². The van der Waals surface area contributed by atoms with E-state index in [1.165, 1.54) is 11.8 Å². The van der Waals surface area contributed by atoms with Gasteiger partial charge in [-0.25, -0.2) is 0 Å². The number of aliphatic carboxylic acids is 2. The van der Waals surface area contributed by atoms with Crippen molar-refractivity contribution in [3.05, 3.63) is 0 Å². The number of nitrogens with two attached hydrogens (primary N) is 1. The van der Waals surface area contributed by atoms with E-state index in [2.05, 4.69) is 5.32 Å². The Labute approximate surface area is 108 Å². The molecule has 1 rings (SSSR count). The molecule has 1 heterocycles. The smallest absolute Gasteiger partial charge is 0.321 e. The molecule has 17 heavy (non-hydrogen) atoms. The lowest BCUT2D eigenvalue weighted by atomic mass is 10.3. The predicted molar refractivity (Wildman–Crippen MR) is 68.4 cm³/mol. The highest BCUT2D eigenvalue weighted by molar-refractivity contribution is 8.00. The van der Waals surface area contributed by atoms with Crippen LogP contribution in [0.1, 0.15) is 6.42 Å². The Morgan fingerprint density at radius 2 is 2.24 bits per heavy atom. The Hall–Kier alpha value is -0.440. The summed E-state index contributed by atoms with van der Waals surface area (Å²) in [6.45, 7) is 0. The first-order chi connectivity index (χ1) is 8.00. The highest BCUT2D eigenvalue weighted by Gasteiger charge is 2.28. The first-order valence-electron chi connectivity index (χ1n) is 5.17. The average molecular weight is 280 g/mol. The highest BCUT2D eigenvalue weighted by Crippen LogP contribution is 2.23. The summed E-state index contributed by atoms with van der Waals surface area (Å²) >= 11 is 3.07. The van der Waals surface area contributed by atoms with Crippen molar-refractivity contribution < 1.29 is 19.8 Å². The summed E-state index contributed by atoms with van der Waals surface area (Å²) in [7, 11) is 0. The van der Waals surface area contributed by atoms with Gasteiger partial charge in [0.05, 0.1) is 5.37 Å². The first-order valence-corrected chi connectivity index (χ1v) is 7.37. The van der Waals surface area contributed by atoms with E-state index in [1.807, 2.05) is 0 Å². The fraction of sp³-hybridized carbons (Fsp3) is 0.778. The Kier molecular flexibility index (Phi) is 6.10. The van der Waals surface area contributed by atoms with E-state index in [-0.39, 0.29) is 5.37 Å². The highest BCUT2D eigenvalue weighted by atomic mass is 32.2. The molecule has 3 atom stereocenters. The molecule has 0 bridgehead atoms. The molecule has 1 fully saturated rings. The number of thioether (sulfide) groups is 2. The zero-order chi connectivity index (χ0) is 12.8. The number of carboxylic acid groups (broad SMARTS) is 2. The van der Waals surface area contributed by atoms with Gasteiger partial charge in [-0.1, -0.05) is 0 Å². The molecular weight excluding hydrogens is 264 g/mol. The van der Waals surface area contributed by atoms with Crippen LogP contribution in [-0.2, 0) is 9.59 Å². The summed E-state index contributed by atoms with van der Waals surface area (Å²) in [6.07, 6.45) is 0.811. The van der Waals surface area contributed by atoms with Crippen LogP contribution in [0.4, 0.5) is 0 Å². The third-order valence-electron chi connectivity index (χ3n) is 2.29. The zero-order valence-corrected chi connectivity index (χ0v) is 10.8. The van der Waals surface area contributed by atoms with Gasteiger partial charge in [-0.15, -0.1) is 11.8 Å². The van der Waals surface area contributed by atoms with Crippen molar-refractivity contribution in [1.29, 1.82) is 0 Å². The molecule has 0 radical (unpaired) electrons. The number of rotatable bonds is 7. The van der Waals surface area contributed by atoms with Crippen molar-refractivity contribution in [2.75, 3.05) is 17.3 Å². The summed E-state index contributed by atoms with van der Waals surface area (Å²) in [5.74, 6) is -0.0656. The van der Waals surface area contributed by atoms with Crippen molar-refractivity contribution in [1.82, 2.24) is 5.32 Å². The molecule has 0 aromatic carbocycles. The van der Waals surface area contributed by atoms with Crippen LogP contribution in [0.25, 0.3) is 0 Å². The third kappa shape index (κ3) is 5.15. The van der Waals surface area contributed by atoms with Gasteiger partial charge in [0.15, 0.2) is 0 Å². The SMILES string of the molecule is NC(CSCCC1NC(C(=O)O)CS1)C(=O)O. The molecule has 1 saturated heterocycles. The molecule has 3 unspecified atom stereocenters. The Morgan fingerprint density at radius 3 is 2.76 bits per heavy atom. The molecule has 0 spiro atoms. The zero-order valence-electron chi connectivity index (χ0n) is 9.17. The molecule has 5 N–H and O–H groups in total. The average Bonchev–Trinajstić information content (AvgIpc) is 2.72. The maximum absolute atomic E-state index is 10.7. The quantitative estimate of drug-likeness (QED) is 0.468. The molecule has 0 aromatic rings. The Morgan fingerprint density at radius 1 is 1.53 bits per heavy atom. The third-order valence-corrected chi connectivity index (χ3v) is 4.71. The Balaban J connectivity index is 2.08. The summed E-state index contributed by atoms with van der Waals surface area (Å²) in [4.78, 5) is 21.1. The van der Waals surface area contributed by atoms with Gasteiger partial charge in [0.2, 0.25) is 0 Å². The van der Waals surface area contributed by atoms with Crippen LogP contribution in [0.5, 0.6) is 0 Å². The summed E-state index contributed by atoms with van der Waals surface area (Å²) in [5.41, 5.74) is 5.35. The van der Waals surface area contributed by atoms with Crippen LogP contribution >= 0.6 is 23.5 Å².